The van der Waals surface area contributed by atoms with Gasteiger partial charge in [-0.3, -0.25) is 14.7 Å². The molecule has 0 saturated carbocycles. The Bertz CT molecular complexity index is 703. The minimum Gasteiger partial charge on any atom is -0.336 e. The predicted octanol–water partition coefficient (Wildman–Crippen LogP) is 3.57. The van der Waals surface area contributed by atoms with Gasteiger partial charge in [0.15, 0.2) is 0 Å². The molecular weight excluding hydrogens is 355 g/mol. The number of rotatable bonds is 3. The van der Waals surface area contributed by atoms with Gasteiger partial charge in [0.25, 0.3) is 0 Å². The van der Waals surface area contributed by atoms with E-state index in [0.717, 1.165) is 37.6 Å². The third-order valence-electron chi connectivity index (χ3n) is 6.48. The zero-order valence-corrected chi connectivity index (χ0v) is 15.7. The van der Waals surface area contributed by atoms with Crippen LogP contribution in [0.5, 0.6) is 0 Å². The first-order chi connectivity index (χ1) is 12.7. The van der Waals surface area contributed by atoms with Gasteiger partial charge in [0.1, 0.15) is 5.69 Å². The van der Waals surface area contributed by atoms with Gasteiger partial charge in [-0.2, -0.15) is 13.2 Å². The quantitative estimate of drug-likeness (QED) is 0.803. The molecule has 1 aromatic rings. The number of piperidine rings is 2. The van der Waals surface area contributed by atoms with Crippen LogP contribution in [0.15, 0.2) is 18.3 Å². The van der Waals surface area contributed by atoms with E-state index in [1.54, 1.807) is 0 Å². The van der Waals surface area contributed by atoms with Gasteiger partial charge in [0, 0.05) is 44.3 Å². The van der Waals surface area contributed by atoms with Crippen molar-refractivity contribution in [2.24, 2.45) is 17.8 Å². The van der Waals surface area contributed by atoms with Crippen molar-refractivity contribution in [2.45, 2.75) is 57.9 Å². The second-order valence-electron chi connectivity index (χ2n) is 8.64. The van der Waals surface area contributed by atoms with Crippen LogP contribution in [-0.2, 0) is 17.5 Å². The van der Waals surface area contributed by atoms with Crippen molar-refractivity contribution in [3.05, 3.63) is 29.6 Å². The molecule has 3 aliphatic heterocycles. The smallest absolute Gasteiger partial charge is 0.336 e. The summed E-state index contributed by atoms with van der Waals surface area (Å²) in [5.74, 6) is 1.68. The van der Waals surface area contributed by atoms with E-state index in [2.05, 4.69) is 28.6 Å². The largest absolute Gasteiger partial charge is 0.433 e. The van der Waals surface area contributed by atoms with Crippen molar-refractivity contribution in [2.75, 3.05) is 13.1 Å². The van der Waals surface area contributed by atoms with Crippen molar-refractivity contribution in [1.82, 2.24) is 14.8 Å². The Balaban J connectivity index is 1.48. The van der Waals surface area contributed by atoms with Gasteiger partial charge in [0.2, 0.25) is 5.91 Å². The van der Waals surface area contributed by atoms with E-state index in [-0.39, 0.29) is 0 Å². The van der Waals surface area contributed by atoms with E-state index in [4.69, 9.17) is 0 Å². The lowest BCUT2D eigenvalue weighted by Crippen LogP contribution is -2.57. The Hall–Kier alpha value is -1.63. The van der Waals surface area contributed by atoms with Gasteiger partial charge in [0.05, 0.1) is 0 Å². The Morgan fingerprint density at radius 3 is 2.59 bits per heavy atom. The second kappa shape index (κ2) is 6.76. The average molecular weight is 381 g/mol. The molecule has 1 amide bonds. The molecule has 0 aromatic carbocycles. The maximum absolute atomic E-state index is 12.7. The number of hydrogen-bond acceptors (Lipinski definition) is 3. The Morgan fingerprint density at radius 2 is 1.96 bits per heavy atom. The normalized spacial score (nSPS) is 31.5. The van der Waals surface area contributed by atoms with E-state index in [1.165, 1.54) is 12.3 Å². The third-order valence-corrected chi connectivity index (χ3v) is 6.48. The van der Waals surface area contributed by atoms with Gasteiger partial charge in [-0.15, -0.1) is 0 Å². The lowest BCUT2D eigenvalue weighted by molar-refractivity contribution is -0.143. The Labute approximate surface area is 157 Å². The van der Waals surface area contributed by atoms with E-state index in [1.807, 2.05) is 0 Å². The van der Waals surface area contributed by atoms with Crippen LogP contribution in [-0.4, -0.2) is 45.9 Å². The number of carbonyl (C=O) groups excluding carboxylic acids is 1. The monoisotopic (exact) mass is 381 g/mol. The van der Waals surface area contributed by atoms with Crippen molar-refractivity contribution in [3.63, 3.8) is 0 Å². The van der Waals surface area contributed by atoms with E-state index >= 15 is 0 Å². The highest BCUT2D eigenvalue weighted by molar-refractivity contribution is 5.78. The van der Waals surface area contributed by atoms with Crippen molar-refractivity contribution >= 4 is 5.91 Å². The van der Waals surface area contributed by atoms with Crippen molar-refractivity contribution < 1.29 is 18.0 Å². The summed E-state index contributed by atoms with van der Waals surface area (Å²) in [4.78, 5) is 20.6. The molecule has 4 rings (SSSR count). The molecule has 0 bridgehead atoms. The van der Waals surface area contributed by atoms with Crippen LogP contribution in [0, 0.1) is 17.8 Å². The van der Waals surface area contributed by atoms with Gasteiger partial charge in [-0.1, -0.05) is 19.9 Å². The summed E-state index contributed by atoms with van der Waals surface area (Å²) in [6, 6.07) is 3.26. The van der Waals surface area contributed by atoms with Crippen LogP contribution in [0.2, 0.25) is 0 Å². The molecule has 4 atom stereocenters. The van der Waals surface area contributed by atoms with Gasteiger partial charge >= 0.3 is 6.18 Å². The summed E-state index contributed by atoms with van der Waals surface area (Å²) in [5, 5.41) is 0. The van der Waals surface area contributed by atoms with Crippen LogP contribution in [0.3, 0.4) is 0 Å². The molecule has 27 heavy (non-hydrogen) atoms. The summed E-state index contributed by atoms with van der Waals surface area (Å²) < 4.78 is 38.1. The third kappa shape index (κ3) is 3.46. The molecule has 0 spiro atoms. The summed E-state index contributed by atoms with van der Waals surface area (Å²) in [6.45, 7) is 6.78. The van der Waals surface area contributed by atoms with Crippen LogP contribution in [0.1, 0.15) is 44.4 Å². The topological polar surface area (TPSA) is 36.4 Å². The fraction of sp³-hybridized carbons (Fsp3) is 0.700. The van der Waals surface area contributed by atoms with Crippen molar-refractivity contribution in [1.29, 1.82) is 0 Å². The molecule has 3 saturated heterocycles. The highest BCUT2D eigenvalue weighted by Gasteiger charge is 2.52. The lowest BCUT2D eigenvalue weighted by atomic mass is 9.79. The number of likely N-dealkylation sites (tertiary alicyclic amines) is 1. The summed E-state index contributed by atoms with van der Waals surface area (Å²) >= 11 is 0. The molecular formula is C20H26F3N3O. The summed E-state index contributed by atoms with van der Waals surface area (Å²) in [7, 11) is 0. The van der Waals surface area contributed by atoms with E-state index < -0.39 is 11.9 Å². The molecule has 4 heterocycles. The Kier molecular flexibility index (Phi) is 4.69. The maximum atomic E-state index is 12.7. The number of alkyl halides is 3. The minimum atomic E-state index is -4.40. The predicted molar refractivity (Wildman–Crippen MR) is 94.6 cm³/mol. The number of amides is 1. The lowest BCUT2D eigenvalue weighted by Gasteiger charge is -2.47. The molecule has 4 nitrogen and oxygen atoms in total. The molecule has 7 heteroatoms. The average Bonchev–Trinajstić information content (AvgIpc) is 2.99. The van der Waals surface area contributed by atoms with Crippen molar-refractivity contribution in [3.8, 4) is 0 Å². The SMILES string of the molecule is CC(C)[C@H]1CC2CN(Cc3ccc(C(F)(F)F)nc3)C[C@H]3CCC(=O)N1C23. The number of pyridine rings is 1. The number of aromatic nitrogens is 1. The fourth-order valence-electron chi connectivity index (χ4n) is 5.37. The molecule has 0 radical (unpaired) electrons. The standard InChI is InChI=1S/C20H26F3N3O/c1-12(2)16-7-15-11-25(10-14-4-6-18(27)26(16)19(14)15)9-13-3-5-17(24-8-13)20(21,22)23/h3,5,8,12,14-16,19H,4,6-7,9-11H2,1-2H3/t14-,15?,16-,19?/m1/s1. The minimum absolute atomic E-state index is 0.304. The first-order valence-corrected chi connectivity index (χ1v) is 9.79. The first kappa shape index (κ1) is 18.7. The molecule has 3 fully saturated rings. The highest BCUT2D eigenvalue weighted by atomic mass is 19.4. The maximum Gasteiger partial charge on any atom is 0.433 e. The van der Waals surface area contributed by atoms with Crippen LogP contribution < -0.4 is 0 Å². The molecule has 0 N–H and O–H groups in total. The first-order valence-electron chi connectivity index (χ1n) is 9.79. The van der Waals surface area contributed by atoms with Gasteiger partial charge in [-0.05, 0) is 42.2 Å². The van der Waals surface area contributed by atoms with Crippen LogP contribution in [0.25, 0.3) is 0 Å². The molecule has 0 aliphatic carbocycles. The number of carbonyl (C=O) groups is 1. The molecule has 1 aromatic heterocycles. The summed E-state index contributed by atoms with van der Waals surface area (Å²) in [5.41, 5.74) is -0.0365. The summed E-state index contributed by atoms with van der Waals surface area (Å²) in [6.07, 6.45) is -0.482. The van der Waals surface area contributed by atoms with Crippen LogP contribution in [0.4, 0.5) is 13.2 Å². The highest BCUT2D eigenvalue weighted by Crippen LogP contribution is 2.45. The van der Waals surface area contributed by atoms with Gasteiger partial charge < -0.3 is 4.90 Å². The number of nitrogens with zero attached hydrogens (tertiary/aromatic N) is 3. The number of hydrogen-bond donors (Lipinski definition) is 0. The second-order valence-corrected chi connectivity index (χ2v) is 8.64. The number of halogens is 3. The van der Waals surface area contributed by atoms with Gasteiger partial charge in [-0.25, -0.2) is 0 Å². The molecule has 148 valence electrons. The zero-order chi connectivity index (χ0) is 19.3. The Morgan fingerprint density at radius 1 is 1.22 bits per heavy atom. The zero-order valence-electron chi connectivity index (χ0n) is 15.7. The molecule has 2 unspecified atom stereocenters. The van der Waals surface area contributed by atoms with E-state index in [0.29, 0.717) is 48.7 Å². The van der Waals surface area contributed by atoms with Crippen LogP contribution >= 0.6 is 0 Å². The molecule has 3 aliphatic rings. The fourth-order valence-corrected chi connectivity index (χ4v) is 5.37. The van der Waals surface area contributed by atoms with E-state index in [9.17, 15) is 18.0 Å².